The summed E-state index contributed by atoms with van der Waals surface area (Å²) < 4.78 is 5.46. The second kappa shape index (κ2) is 5.35. The number of nitrogens with zero attached hydrogens (tertiary/aromatic N) is 1. The van der Waals surface area contributed by atoms with Crippen LogP contribution in [0.25, 0.3) is 0 Å². The fourth-order valence-electron chi connectivity index (χ4n) is 1.78. The summed E-state index contributed by atoms with van der Waals surface area (Å²) in [6.07, 6.45) is 0. The van der Waals surface area contributed by atoms with E-state index in [4.69, 9.17) is 4.74 Å². The van der Waals surface area contributed by atoms with Crippen LogP contribution in [0.2, 0.25) is 0 Å². The van der Waals surface area contributed by atoms with E-state index >= 15 is 0 Å². The number of hydrogen-bond acceptors (Lipinski definition) is 2. The topological polar surface area (TPSA) is 12.5 Å². The number of ether oxygens (including phenoxy) is 1. The van der Waals surface area contributed by atoms with Crippen molar-refractivity contribution in [3.63, 3.8) is 0 Å². The van der Waals surface area contributed by atoms with Crippen LogP contribution in [-0.2, 0) is 6.54 Å². The first-order valence-electron chi connectivity index (χ1n) is 5.80. The fraction of sp³-hybridized carbons (Fsp3) is 0.571. The highest BCUT2D eigenvalue weighted by Crippen LogP contribution is 2.25. The van der Waals surface area contributed by atoms with E-state index in [0.29, 0.717) is 6.04 Å². The Morgan fingerprint density at radius 2 is 1.88 bits per heavy atom. The Labute approximate surface area is 99.2 Å². The lowest BCUT2D eigenvalue weighted by atomic mass is 10.0. The van der Waals surface area contributed by atoms with E-state index < -0.39 is 0 Å². The lowest BCUT2D eigenvalue weighted by molar-refractivity contribution is 0.260. The van der Waals surface area contributed by atoms with E-state index in [-0.39, 0.29) is 0 Å². The van der Waals surface area contributed by atoms with Gasteiger partial charge < -0.3 is 4.74 Å². The first kappa shape index (κ1) is 13.0. The van der Waals surface area contributed by atoms with Gasteiger partial charge in [-0.25, -0.2) is 0 Å². The van der Waals surface area contributed by atoms with E-state index in [1.807, 2.05) is 0 Å². The molecule has 0 amide bonds. The Morgan fingerprint density at radius 1 is 1.25 bits per heavy atom. The third kappa shape index (κ3) is 2.99. The average Bonchev–Trinajstić information content (AvgIpc) is 2.21. The van der Waals surface area contributed by atoms with Crippen LogP contribution in [0.1, 0.15) is 30.5 Å². The highest BCUT2D eigenvalue weighted by Gasteiger charge is 2.11. The molecule has 0 saturated carbocycles. The van der Waals surface area contributed by atoms with Crippen molar-refractivity contribution in [1.82, 2.24) is 4.90 Å². The highest BCUT2D eigenvalue weighted by atomic mass is 16.5. The molecule has 0 aliphatic heterocycles. The molecule has 1 aromatic carbocycles. The molecule has 2 heteroatoms. The van der Waals surface area contributed by atoms with Crippen LogP contribution >= 0.6 is 0 Å². The Hall–Kier alpha value is -1.02. The van der Waals surface area contributed by atoms with E-state index in [9.17, 15) is 0 Å². The van der Waals surface area contributed by atoms with Crippen LogP contribution in [-0.4, -0.2) is 25.1 Å². The van der Waals surface area contributed by atoms with E-state index in [1.165, 1.54) is 16.7 Å². The number of benzene rings is 1. The average molecular weight is 221 g/mol. The SMILES string of the molecule is COc1cc(C)cc(C)c1CN(C)C(C)C. The third-order valence-electron chi connectivity index (χ3n) is 3.09. The summed E-state index contributed by atoms with van der Waals surface area (Å²) in [6, 6.07) is 4.87. The lowest BCUT2D eigenvalue weighted by Crippen LogP contribution is -2.26. The molecule has 0 unspecified atom stereocenters. The van der Waals surface area contributed by atoms with Crippen molar-refractivity contribution in [3.8, 4) is 5.75 Å². The van der Waals surface area contributed by atoms with Crippen molar-refractivity contribution >= 4 is 0 Å². The first-order chi connectivity index (χ1) is 7.45. The van der Waals surface area contributed by atoms with Crippen molar-refractivity contribution in [1.29, 1.82) is 0 Å². The minimum Gasteiger partial charge on any atom is -0.496 e. The van der Waals surface area contributed by atoms with Gasteiger partial charge in [0.2, 0.25) is 0 Å². The molecule has 0 radical (unpaired) electrons. The van der Waals surface area contributed by atoms with E-state index in [2.05, 4.69) is 51.8 Å². The molecule has 0 heterocycles. The third-order valence-corrected chi connectivity index (χ3v) is 3.09. The van der Waals surface area contributed by atoms with Crippen molar-refractivity contribution < 1.29 is 4.74 Å². The molecule has 0 atom stereocenters. The maximum absolute atomic E-state index is 5.46. The van der Waals surface area contributed by atoms with Gasteiger partial charge in [0.05, 0.1) is 7.11 Å². The summed E-state index contributed by atoms with van der Waals surface area (Å²) in [6.45, 7) is 9.60. The molecule has 0 bridgehead atoms. The summed E-state index contributed by atoms with van der Waals surface area (Å²) in [5.41, 5.74) is 3.86. The second-order valence-corrected chi connectivity index (χ2v) is 4.77. The Bertz CT molecular complexity index is 358. The molecule has 0 aromatic heterocycles. The smallest absolute Gasteiger partial charge is 0.123 e. The standard InChI is InChI=1S/C14H23NO/c1-10(2)15(5)9-13-12(4)7-11(3)8-14(13)16-6/h7-8,10H,9H2,1-6H3. The maximum Gasteiger partial charge on any atom is 0.123 e. The molecule has 90 valence electrons. The first-order valence-corrected chi connectivity index (χ1v) is 5.80. The summed E-state index contributed by atoms with van der Waals surface area (Å²) in [5.74, 6) is 1.00. The molecule has 0 N–H and O–H groups in total. The molecule has 16 heavy (non-hydrogen) atoms. The Morgan fingerprint density at radius 3 is 2.38 bits per heavy atom. The minimum atomic E-state index is 0.547. The van der Waals surface area contributed by atoms with Gasteiger partial charge in [0.25, 0.3) is 0 Å². The molecule has 0 spiro atoms. The molecule has 0 saturated heterocycles. The van der Waals surface area contributed by atoms with Gasteiger partial charge in [0.15, 0.2) is 0 Å². The molecule has 1 aromatic rings. The van der Waals surface area contributed by atoms with Gasteiger partial charge >= 0.3 is 0 Å². The zero-order valence-electron chi connectivity index (χ0n) is 11.3. The fourth-order valence-corrected chi connectivity index (χ4v) is 1.78. The van der Waals surface area contributed by atoms with Gasteiger partial charge in [-0.15, -0.1) is 0 Å². The molecular formula is C14H23NO. The number of aryl methyl sites for hydroxylation is 2. The van der Waals surface area contributed by atoms with Gasteiger partial charge in [0, 0.05) is 18.2 Å². The molecular weight excluding hydrogens is 198 g/mol. The quantitative estimate of drug-likeness (QED) is 0.774. The normalized spacial score (nSPS) is 11.2. The van der Waals surface area contributed by atoms with Crippen molar-refractivity contribution in [3.05, 3.63) is 28.8 Å². The maximum atomic E-state index is 5.46. The summed E-state index contributed by atoms with van der Waals surface area (Å²) in [5, 5.41) is 0. The predicted molar refractivity (Wildman–Crippen MR) is 69.1 cm³/mol. The Kier molecular flexibility index (Phi) is 4.36. The Balaban J connectivity index is 3.02. The van der Waals surface area contributed by atoms with Crippen LogP contribution in [0.4, 0.5) is 0 Å². The number of hydrogen-bond donors (Lipinski definition) is 0. The lowest BCUT2D eigenvalue weighted by Gasteiger charge is -2.23. The van der Waals surface area contributed by atoms with Crippen LogP contribution in [0.3, 0.4) is 0 Å². The van der Waals surface area contributed by atoms with Gasteiger partial charge in [-0.2, -0.15) is 0 Å². The summed E-state index contributed by atoms with van der Waals surface area (Å²) in [4.78, 5) is 2.32. The molecule has 0 fully saturated rings. The van der Waals surface area contributed by atoms with Crippen LogP contribution in [0, 0.1) is 13.8 Å². The molecule has 1 rings (SSSR count). The largest absolute Gasteiger partial charge is 0.496 e. The number of rotatable bonds is 4. The van der Waals surface area contributed by atoms with Gasteiger partial charge in [-0.05, 0) is 51.9 Å². The number of methoxy groups -OCH3 is 1. The van der Waals surface area contributed by atoms with Gasteiger partial charge in [-0.1, -0.05) is 6.07 Å². The second-order valence-electron chi connectivity index (χ2n) is 4.77. The van der Waals surface area contributed by atoms with Crippen molar-refractivity contribution in [2.45, 2.75) is 40.3 Å². The zero-order valence-corrected chi connectivity index (χ0v) is 11.3. The van der Waals surface area contributed by atoms with Crippen molar-refractivity contribution in [2.24, 2.45) is 0 Å². The molecule has 0 aliphatic rings. The van der Waals surface area contributed by atoms with Crippen LogP contribution in [0.15, 0.2) is 12.1 Å². The van der Waals surface area contributed by atoms with E-state index in [1.54, 1.807) is 7.11 Å². The van der Waals surface area contributed by atoms with Crippen LogP contribution < -0.4 is 4.74 Å². The summed E-state index contributed by atoms with van der Waals surface area (Å²) in [7, 11) is 3.89. The predicted octanol–water partition coefficient (Wildman–Crippen LogP) is 3.15. The minimum absolute atomic E-state index is 0.547. The molecule has 2 nitrogen and oxygen atoms in total. The van der Waals surface area contributed by atoms with Gasteiger partial charge in [-0.3, -0.25) is 4.90 Å². The highest BCUT2D eigenvalue weighted by molar-refractivity contribution is 5.42. The van der Waals surface area contributed by atoms with Crippen molar-refractivity contribution in [2.75, 3.05) is 14.2 Å². The van der Waals surface area contributed by atoms with Gasteiger partial charge in [0.1, 0.15) is 5.75 Å². The van der Waals surface area contributed by atoms with E-state index in [0.717, 1.165) is 12.3 Å². The zero-order chi connectivity index (χ0) is 12.3. The monoisotopic (exact) mass is 221 g/mol. The molecule has 0 aliphatic carbocycles. The summed E-state index contributed by atoms with van der Waals surface area (Å²) >= 11 is 0. The van der Waals surface area contributed by atoms with Crippen LogP contribution in [0.5, 0.6) is 5.75 Å².